The molecule has 2 fully saturated rings. The van der Waals surface area contributed by atoms with Crippen molar-refractivity contribution in [2.75, 3.05) is 5.32 Å². The van der Waals surface area contributed by atoms with Crippen molar-refractivity contribution in [3.8, 4) is 0 Å². The van der Waals surface area contributed by atoms with Crippen molar-refractivity contribution in [1.82, 2.24) is 0 Å². The molecule has 0 aromatic heterocycles. The SMILES string of the molecule is Fc1cccc(NC(C2CC2)C2CC2)c1. The molecule has 0 radical (unpaired) electrons. The summed E-state index contributed by atoms with van der Waals surface area (Å²) in [4.78, 5) is 0. The van der Waals surface area contributed by atoms with E-state index in [1.807, 2.05) is 6.07 Å². The van der Waals surface area contributed by atoms with Gasteiger partial charge in [0.25, 0.3) is 0 Å². The molecule has 80 valence electrons. The van der Waals surface area contributed by atoms with Crippen LogP contribution in [-0.4, -0.2) is 6.04 Å². The topological polar surface area (TPSA) is 12.0 Å². The van der Waals surface area contributed by atoms with Crippen molar-refractivity contribution in [1.29, 1.82) is 0 Å². The largest absolute Gasteiger partial charge is 0.382 e. The van der Waals surface area contributed by atoms with E-state index in [0.717, 1.165) is 17.5 Å². The lowest BCUT2D eigenvalue weighted by Crippen LogP contribution is -2.24. The minimum absolute atomic E-state index is 0.148. The Morgan fingerprint density at radius 2 is 1.80 bits per heavy atom. The minimum Gasteiger partial charge on any atom is -0.382 e. The van der Waals surface area contributed by atoms with Gasteiger partial charge < -0.3 is 5.32 Å². The van der Waals surface area contributed by atoms with E-state index in [0.29, 0.717) is 6.04 Å². The highest BCUT2D eigenvalue weighted by molar-refractivity contribution is 5.44. The van der Waals surface area contributed by atoms with Crippen LogP contribution in [0.2, 0.25) is 0 Å². The Labute approximate surface area is 89.7 Å². The lowest BCUT2D eigenvalue weighted by Gasteiger charge is -2.18. The molecule has 0 spiro atoms. The zero-order valence-corrected chi connectivity index (χ0v) is 8.75. The van der Waals surface area contributed by atoms with Crippen LogP contribution in [0, 0.1) is 17.7 Å². The lowest BCUT2D eigenvalue weighted by molar-refractivity contribution is 0.566. The van der Waals surface area contributed by atoms with Gasteiger partial charge in [-0.1, -0.05) is 6.07 Å². The van der Waals surface area contributed by atoms with Crippen LogP contribution in [-0.2, 0) is 0 Å². The summed E-state index contributed by atoms with van der Waals surface area (Å²) in [7, 11) is 0. The Hall–Kier alpha value is -1.05. The van der Waals surface area contributed by atoms with Crippen molar-refractivity contribution >= 4 is 5.69 Å². The van der Waals surface area contributed by atoms with Crippen molar-refractivity contribution in [2.45, 2.75) is 31.7 Å². The maximum Gasteiger partial charge on any atom is 0.125 e. The van der Waals surface area contributed by atoms with Gasteiger partial charge in [-0.15, -0.1) is 0 Å². The molecule has 0 amide bonds. The summed E-state index contributed by atoms with van der Waals surface area (Å²) in [6.45, 7) is 0. The van der Waals surface area contributed by atoms with E-state index in [9.17, 15) is 4.39 Å². The zero-order valence-electron chi connectivity index (χ0n) is 8.75. The second-order valence-corrected chi connectivity index (χ2v) is 4.86. The molecule has 2 saturated carbocycles. The average Bonchev–Trinajstić information content (AvgIpc) is 3.07. The third kappa shape index (κ3) is 2.14. The number of halogens is 1. The molecule has 2 heteroatoms. The Morgan fingerprint density at radius 1 is 1.13 bits per heavy atom. The Kier molecular flexibility index (Phi) is 2.15. The van der Waals surface area contributed by atoms with Crippen molar-refractivity contribution in [3.05, 3.63) is 30.1 Å². The number of hydrogen-bond donors (Lipinski definition) is 1. The predicted octanol–water partition coefficient (Wildman–Crippen LogP) is 3.43. The minimum atomic E-state index is -0.148. The Bertz CT molecular complexity index is 343. The van der Waals surface area contributed by atoms with Gasteiger partial charge >= 0.3 is 0 Å². The first-order chi connectivity index (χ1) is 7.33. The summed E-state index contributed by atoms with van der Waals surface area (Å²) in [6.07, 6.45) is 5.40. The van der Waals surface area contributed by atoms with Crippen LogP contribution in [0.25, 0.3) is 0 Å². The molecule has 2 aliphatic carbocycles. The molecule has 0 saturated heterocycles. The molecule has 0 atom stereocenters. The van der Waals surface area contributed by atoms with Gasteiger partial charge in [0.05, 0.1) is 0 Å². The van der Waals surface area contributed by atoms with Crippen LogP contribution in [0.3, 0.4) is 0 Å². The molecule has 2 aliphatic rings. The van der Waals surface area contributed by atoms with Crippen molar-refractivity contribution < 1.29 is 4.39 Å². The highest BCUT2D eigenvalue weighted by Gasteiger charge is 2.41. The van der Waals surface area contributed by atoms with E-state index in [-0.39, 0.29) is 5.82 Å². The molecule has 1 aromatic rings. The summed E-state index contributed by atoms with van der Waals surface area (Å²) in [6, 6.07) is 7.42. The van der Waals surface area contributed by atoms with Gasteiger partial charge in [0.1, 0.15) is 5.82 Å². The van der Waals surface area contributed by atoms with Gasteiger partial charge in [-0.05, 0) is 55.7 Å². The lowest BCUT2D eigenvalue weighted by atomic mass is 10.1. The van der Waals surface area contributed by atoms with Crippen molar-refractivity contribution in [3.63, 3.8) is 0 Å². The fraction of sp³-hybridized carbons (Fsp3) is 0.538. The fourth-order valence-electron chi connectivity index (χ4n) is 2.30. The summed E-state index contributed by atoms with van der Waals surface area (Å²) < 4.78 is 13.0. The second kappa shape index (κ2) is 3.51. The van der Waals surface area contributed by atoms with Crippen LogP contribution < -0.4 is 5.32 Å². The second-order valence-electron chi connectivity index (χ2n) is 4.86. The predicted molar refractivity (Wildman–Crippen MR) is 59.3 cm³/mol. The molecule has 0 heterocycles. The molecule has 1 N–H and O–H groups in total. The summed E-state index contributed by atoms with van der Waals surface area (Å²) >= 11 is 0. The molecular formula is C13H16FN. The van der Waals surface area contributed by atoms with Crippen LogP contribution in [0.1, 0.15) is 25.7 Å². The summed E-state index contributed by atoms with van der Waals surface area (Å²) in [5, 5.41) is 3.50. The molecule has 0 unspecified atom stereocenters. The van der Waals surface area contributed by atoms with E-state index < -0.39 is 0 Å². The van der Waals surface area contributed by atoms with Gasteiger partial charge in [0, 0.05) is 11.7 Å². The number of benzene rings is 1. The van der Waals surface area contributed by atoms with E-state index >= 15 is 0 Å². The average molecular weight is 205 g/mol. The standard InChI is InChI=1S/C13H16FN/c14-11-2-1-3-12(8-11)15-13(9-4-5-9)10-6-7-10/h1-3,8-10,13,15H,4-7H2. The number of anilines is 1. The summed E-state index contributed by atoms with van der Waals surface area (Å²) in [5.41, 5.74) is 0.943. The zero-order chi connectivity index (χ0) is 10.3. The third-order valence-electron chi connectivity index (χ3n) is 3.42. The van der Waals surface area contributed by atoms with Crippen LogP contribution in [0.5, 0.6) is 0 Å². The van der Waals surface area contributed by atoms with Gasteiger partial charge in [-0.3, -0.25) is 0 Å². The van der Waals surface area contributed by atoms with Gasteiger partial charge in [-0.2, -0.15) is 0 Å². The van der Waals surface area contributed by atoms with E-state index in [2.05, 4.69) is 5.32 Å². The van der Waals surface area contributed by atoms with Crippen molar-refractivity contribution in [2.24, 2.45) is 11.8 Å². The summed E-state index contributed by atoms with van der Waals surface area (Å²) in [5.74, 6) is 1.55. The monoisotopic (exact) mass is 205 g/mol. The highest BCUT2D eigenvalue weighted by atomic mass is 19.1. The normalized spacial score (nSPS) is 20.7. The third-order valence-corrected chi connectivity index (χ3v) is 3.42. The first kappa shape index (κ1) is 9.20. The molecular weight excluding hydrogens is 189 g/mol. The molecule has 1 nitrogen and oxygen atoms in total. The number of rotatable bonds is 4. The first-order valence-corrected chi connectivity index (χ1v) is 5.85. The maximum absolute atomic E-state index is 13.0. The van der Waals surface area contributed by atoms with Crippen LogP contribution in [0.4, 0.5) is 10.1 Å². The fourth-order valence-corrected chi connectivity index (χ4v) is 2.30. The molecule has 1 aromatic carbocycles. The van der Waals surface area contributed by atoms with Crippen LogP contribution >= 0.6 is 0 Å². The molecule has 0 bridgehead atoms. The number of hydrogen-bond acceptors (Lipinski definition) is 1. The molecule has 15 heavy (non-hydrogen) atoms. The molecule has 0 aliphatic heterocycles. The highest BCUT2D eigenvalue weighted by Crippen LogP contribution is 2.45. The van der Waals surface area contributed by atoms with Gasteiger partial charge in [0.2, 0.25) is 0 Å². The van der Waals surface area contributed by atoms with Gasteiger partial charge in [-0.25, -0.2) is 4.39 Å². The Morgan fingerprint density at radius 3 is 2.33 bits per heavy atom. The van der Waals surface area contributed by atoms with E-state index in [4.69, 9.17) is 0 Å². The van der Waals surface area contributed by atoms with Gasteiger partial charge in [0.15, 0.2) is 0 Å². The first-order valence-electron chi connectivity index (χ1n) is 5.85. The quantitative estimate of drug-likeness (QED) is 0.794. The smallest absolute Gasteiger partial charge is 0.125 e. The van der Waals surface area contributed by atoms with E-state index in [1.165, 1.54) is 31.7 Å². The Balaban J connectivity index is 1.71. The number of nitrogens with one attached hydrogen (secondary N) is 1. The van der Waals surface area contributed by atoms with Crippen LogP contribution in [0.15, 0.2) is 24.3 Å². The maximum atomic E-state index is 13.0. The molecule has 3 rings (SSSR count). The van der Waals surface area contributed by atoms with E-state index in [1.54, 1.807) is 12.1 Å².